The fourth-order valence-electron chi connectivity index (χ4n) is 1.20. The molecule has 0 atom stereocenters. The lowest BCUT2D eigenvalue weighted by Gasteiger charge is -2.03. The normalized spacial score (nSPS) is 10.5. The van der Waals surface area contributed by atoms with E-state index in [1.54, 1.807) is 11.0 Å². The SMILES string of the molecule is CCCNCCCCOc1ncn(C)n1. The summed E-state index contributed by atoms with van der Waals surface area (Å²) in [5, 5.41) is 7.37. The van der Waals surface area contributed by atoms with Crippen molar-refractivity contribution in [2.75, 3.05) is 19.7 Å². The summed E-state index contributed by atoms with van der Waals surface area (Å²) in [7, 11) is 1.83. The van der Waals surface area contributed by atoms with Crippen LogP contribution in [0, 0.1) is 0 Å². The molecule has 1 aromatic rings. The molecule has 0 spiro atoms. The first-order chi connectivity index (χ1) is 7.33. The topological polar surface area (TPSA) is 52.0 Å². The van der Waals surface area contributed by atoms with Crippen LogP contribution in [0.3, 0.4) is 0 Å². The van der Waals surface area contributed by atoms with Crippen LogP contribution in [0.15, 0.2) is 6.33 Å². The van der Waals surface area contributed by atoms with Gasteiger partial charge in [0.2, 0.25) is 0 Å². The summed E-state index contributed by atoms with van der Waals surface area (Å²) in [4.78, 5) is 3.98. The summed E-state index contributed by atoms with van der Waals surface area (Å²) in [5.41, 5.74) is 0. The first-order valence-electron chi connectivity index (χ1n) is 5.52. The zero-order valence-corrected chi connectivity index (χ0v) is 9.57. The lowest BCUT2D eigenvalue weighted by atomic mass is 10.3. The Balaban J connectivity index is 1.93. The number of unbranched alkanes of at least 4 members (excludes halogenated alkanes) is 1. The van der Waals surface area contributed by atoms with Gasteiger partial charge in [-0.2, -0.15) is 4.98 Å². The van der Waals surface area contributed by atoms with Crippen LogP contribution in [0.2, 0.25) is 0 Å². The van der Waals surface area contributed by atoms with Crippen LogP contribution in [-0.4, -0.2) is 34.5 Å². The molecule has 1 N–H and O–H groups in total. The van der Waals surface area contributed by atoms with Gasteiger partial charge >= 0.3 is 6.01 Å². The first kappa shape index (κ1) is 12.0. The van der Waals surface area contributed by atoms with Gasteiger partial charge in [-0.15, -0.1) is 5.10 Å². The van der Waals surface area contributed by atoms with Crippen LogP contribution >= 0.6 is 0 Å². The Morgan fingerprint density at radius 3 is 2.93 bits per heavy atom. The van der Waals surface area contributed by atoms with E-state index < -0.39 is 0 Å². The van der Waals surface area contributed by atoms with Crippen molar-refractivity contribution >= 4 is 0 Å². The number of nitrogens with zero attached hydrogens (tertiary/aromatic N) is 3. The number of hydrogen-bond acceptors (Lipinski definition) is 4. The predicted molar refractivity (Wildman–Crippen MR) is 58.9 cm³/mol. The lowest BCUT2D eigenvalue weighted by Crippen LogP contribution is -2.16. The maximum absolute atomic E-state index is 5.36. The molecule has 0 fully saturated rings. The largest absolute Gasteiger partial charge is 0.462 e. The molecule has 0 bridgehead atoms. The van der Waals surface area contributed by atoms with Crippen molar-refractivity contribution in [1.82, 2.24) is 20.1 Å². The molecule has 5 heteroatoms. The van der Waals surface area contributed by atoms with E-state index in [4.69, 9.17) is 4.74 Å². The summed E-state index contributed by atoms with van der Waals surface area (Å²) in [6, 6.07) is 0.471. The molecule has 0 saturated carbocycles. The van der Waals surface area contributed by atoms with Gasteiger partial charge in [0.15, 0.2) is 0 Å². The van der Waals surface area contributed by atoms with E-state index in [1.807, 2.05) is 7.05 Å². The van der Waals surface area contributed by atoms with Gasteiger partial charge in [-0.25, -0.2) is 0 Å². The third-order valence-corrected chi connectivity index (χ3v) is 1.98. The predicted octanol–water partition coefficient (Wildman–Crippen LogP) is 0.974. The highest BCUT2D eigenvalue weighted by Gasteiger charge is 1.97. The first-order valence-corrected chi connectivity index (χ1v) is 5.52. The molecule has 1 aromatic heterocycles. The smallest absolute Gasteiger partial charge is 0.335 e. The van der Waals surface area contributed by atoms with Gasteiger partial charge in [0, 0.05) is 7.05 Å². The molecule has 1 heterocycles. The molecule has 0 amide bonds. The number of nitrogens with one attached hydrogen (secondary N) is 1. The van der Waals surface area contributed by atoms with Gasteiger partial charge in [-0.1, -0.05) is 6.92 Å². The highest BCUT2D eigenvalue weighted by Crippen LogP contribution is 1.99. The van der Waals surface area contributed by atoms with E-state index in [0.717, 1.165) is 25.9 Å². The zero-order valence-electron chi connectivity index (χ0n) is 9.57. The Kier molecular flexibility index (Phi) is 5.77. The summed E-state index contributed by atoms with van der Waals surface area (Å²) in [6.45, 7) is 5.02. The summed E-state index contributed by atoms with van der Waals surface area (Å²) in [6.07, 6.45) is 4.99. The number of ether oxygens (including phenoxy) is 1. The molecule has 0 radical (unpaired) electrons. The molecule has 0 aromatic carbocycles. The van der Waals surface area contributed by atoms with Crippen LogP contribution in [-0.2, 0) is 7.05 Å². The Labute approximate surface area is 90.8 Å². The number of aromatic nitrogens is 3. The second kappa shape index (κ2) is 7.23. The summed E-state index contributed by atoms with van der Waals surface area (Å²) >= 11 is 0. The van der Waals surface area contributed by atoms with E-state index >= 15 is 0 Å². The van der Waals surface area contributed by atoms with Gasteiger partial charge in [0.1, 0.15) is 6.33 Å². The van der Waals surface area contributed by atoms with Gasteiger partial charge in [0.05, 0.1) is 6.61 Å². The van der Waals surface area contributed by atoms with Crippen LogP contribution in [0.1, 0.15) is 26.2 Å². The van der Waals surface area contributed by atoms with Gasteiger partial charge < -0.3 is 10.1 Å². The Morgan fingerprint density at radius 1 is 1.40 bits per heavy atom. The number of hydrogen-bond donors (Lipinski definition) is 1. The highest BCUT2D eigenvalue weighted by molar-refractivity contribution is 4.86. The van der Waals surface area contributed by atoms with Crippen molar-refractivity contribution < 1.29 is 4.74 Å². The minimum absolute atomic E-state index is 0.471. The standard InChI is InChI=1S/C10H20N4O/c1-3-6-11-7-4-5-8-15-10-12-9-14(2)13-10/h9,11H,3-8H2,1-2H3. The van der Waals surface area contributed by atoms with E-state index in [2.05, 4.69) is 22.3 Å². The molecule has 5 nitrogen and oxygen atoms in total. The maximum atomic E-state index is 5.36. The van der Waals surface area contributed by atoms with Crippen LogP contribution in [0.5, 0.6) is 6.01 Å². The van der Waals surface area contributed by atoms with Gasteiger partial charge in [-0.05, 0) is 32.4 Å². The van der Waals surface area contributed by atoms with E-state index in [1.165, 1.54) is 6.42 Å². The minimum Gasteiger partial charge on any atom is -0.462 e. The van der Waals surface area contributed by atoms with E-state index in [9.17, 15) is 0 Å². The van der Waals surface area contributed by atoms with Crippen LogP contribution < -0.4 is 10.1 Å². The quantitative estimate of drug-likeness (QED) is 0.652. The molecule has 86 valence electrons. The van der Waals surface area contributed by atoms with Crippen molar-refractivity contribution in [3.05, 3.63) is 6.33 Å². The summed E-state index contributed by atoms with van der Waals surface area (Å²) in [5.74, 6) is 0. The van der Waals surface area contributed by atoms with Gasteiger partial charge in [0.25, 0.3) is 0 Å². The number of aryl methyl sites for hydroxylation is 1. The van der Waals surface area contributed by atoms with Crippen molar-refractivity contribution in [3.8, 4) is 6.01 Å². The maximum Gasteiger partial charge on any atom is 0.335 e. The Bertz CT molecular complexity index is 262. The molecule has 0 aliphatic heterocycles. The molecular formula is C10H20N4O. The van der Waals surface area contributed by atoms with Crippen LogP contribution in [0.25, 0.3) is 0 Å². The van der Waals surface area contributed by atoms with E-state index in [-0.39, 0.29) is 0 Å². The molecule has 1 rings (SSSR count). The third-order valence-electron chi connectivity index (χ3n) is 1.98. The van der Waals surface area contributed by atoms with Gasteiger partial charge in [-0.3, -0.25) is 4.68 Å². The highest BCUT2D eigenvalue weighted by atomic mass is 16.5. The average molecular weight is 212 g/mol. The Hall–Kier alpha value is -1.10. The monoisotopic (exact) mass is 212 g/mol. The second-order valence-corrected chi connectivity index (χ2v) is 3.51. The Morgan fingerprint density at radius 2 is 2.27 bits per heavy atom. The van der Waals surface area contributed by atoms with Crippen LogP contribution in [0.4, 0.5) is 0 Å². The molecule has 0 saturated heterocycles. The molecule has 15 heavy (non-hydrogen) atoms. The van der Waals surface area contributed by atoms with Crippen molar-refractivity contribution in [2.45, 2.75) is 26.2 Å². The summed E-state index contributed by atoms with van der Waals surface area (Å²) < 4.78 is 7.00. The molecule has 0 aliphatic rings. The third kappa shape index (κ3) is 5.37. The fraction of sp³-hybridized carbons (Fsp3) is 0.800. The zero-order chi connectivity index (χ0) is 10.9. The molecular weight excluding hydrogens is 192 g/mol. The van der Waals surface area contributed by atoms with Crippen molar-refractivity contribution in [3.63, 3.8) is 0 Å². The minimum atomic E-state index is 0.471. The average Bonchev–Trinajstić information content (AvgIpc) is 2.63. The number of rotatable bonds is 8. The second-order valence-electron chi connectivity index (χ2n) is 3.51. The van der Waals surface area contributed by atoms with Crippen molar-refractivity contribution in [1.29, 1.82) is 0 Å². The lowest BCUT2D eigenvalue weighted by molar-refractivity contribution is 0.282. The van der Waals surface area contributed by atoms with Crippen molar-refractivity contribution in [2.24, 2.45) is 7.05 Å². The molecule has 0 aliphatic carbocycles. The van der Waals surface area contributed by atoms with E-state index in [0.29, 0.717) is 12.6 Å². The fourth-order valence-corrected chi connectivity index (χ4v) is 1.20. The molecule has 0 unspecified atom stereocenters.